The van der Waals surface area contributed by atoms with Gasteiger partial charge in [-0.3, -0.25) is 4.79 Å². The highest BCUT2D eigenvalue weighted by atomic mass is 35.5. The Hall–Kier alpha value is -2.93. The van der Waals surface area contributed by atoms with Crippen molar-refractivity contribution in [1.29, 1.82) is 0 Å². The first-order chi connectivity index (χ1) is 12.0. The summed E-state index contributed by atoms with van der Waals surface area (Å²) in [5.41, 5.74) is 2.88. The predicted molar refractivity (Wildman–Crippen MR) is 93.9 cm³/mol. The molecule has 1 amide bonds. The maximum atomic E-state index is 11.8. The number of phenols is 1. The van der Waals surface area contributed by atoms with Crippen molar-refractivity contribution in [3.63, 3.8) is 0 Å². The Morgan fingerprint density at radius 2 is 1.88 bits per heavy atom. The van der Waals surface area contributed by atoms with E-state index in [1.807, 2.05) is 0 Å². The van der Waals surface area contributed by atoms with Crippen LogP contribution in [0.5, 0.6) is 23.0 Å². The highest BCUT2D eigenvalue weighted by molar-refractivity contribution is 6.32. The zero-order valence-corrected chi connectivity index (χ0v) is 14.4. The van der Waals surface area contributed by atoms with Crippen molar-refractivity contribution >= 4 is 23.7 Å². The monoisotopic (exact) mass is 364 g/mol. The van der Waals surface area contributed by atoms with Crippen molar-refractivity contribution < 1.29 is 24.1 Å². The molecule has 0 aliphatic carbocycles. The quantitative estimate of drug-likeness (QED) is 0.582. The fourth-order valence-corrected chi connectivity index (χ4v) is 2.14. The van der Waals surface area contributed by atoms with Gasteiger partial charge in [-0.15, -0.1) is 0 Å². The number of halogens is 1. The van der Waals surface area contributed by atoms with Crippen LogP contribution in [0.3, 0.4) is 0 Å². The van der Waals surface area contributed by atoms with Crippen LogP contribution in [-0.4, -0.2) is 38.1 Å². The standard InChI is InChI=1S/C17H17ClN2O5/c1-23-13-5-3-4-6-14(13)25-10-16(21)20-19-9-11-7-12(18)17(22)15(8-11)24-2/h3-9,22H,10H2,1-2H3,(H,20,21)/b19-9+. The fraction of sp³-hybridized carbons (Fsp3) is 0.176. The summed E-state index contributed by atoms with van der Waals surface area (Å²) < 4.78 is 15.5. The van der Waals surface area contributed by atoms with Gasteiger partial charge in [-0.1, -0.05) is 23.7 Å². The highest BCUT2D eigenvalue weighted by Gasteiger charge is 2.08. The van der Waals surface area contributed by atoms with Gasteiger partial charge < -0.3 is 19.3 Å². The van der Waals surface area contributed by atoms with E-state index >= 15 is 0 Å². The Kier molecular flexibility index (Phi) is 6.47. The lowest BCUT2D eigenvalue weighted by Crippen LogP contribution is -2.24. The third-order valence-corrected chi connectivity index (χ3v) is 3.39. The normalized spacial score (nSPS) is 10.5. The minimum atomic E-state index is -0.445. The Morgan fingerprint density at radius 3 is 2.56 bits per heavy atom. The molecule has 0 fully saturated rings. The summed E-state index contributed by atoms with van der Waals surface area (Å²) in [6.07, 6.45) is 1.37. The van der Waals surface area contributed by atoms with Crippen LogP contribution in [0.4, 0.5) is 0 Å². The summed E-state index contributed by atoms with van der Waals surface area (Å²) in [6, 6.07) is 10.0. The van der Waals surface area contributed by atoms with Crippen LogP contribution in [0.15, 0.2) is 41.5 Å². The van der Waals surface area contributed by atoms with Crippen molar-refractivity contribution in [2.24, 2.45) is 5.10 Å². The topological polar surface area (TPSA) is 89.4 Å². The molecule has 2 aromatic rings. The maximum absolute atomic E-state index is 11.8. The van der Waals surface area contributed by atoms with Gasteiger partial charge in [0.1, 0.15) is 0 Å². The molecule has 0 heterocycles. The molecule has 0 spiro atoms. The number of aromatic hydroxyl groups is 1. The summed E-state index contributed by atoms with van der Waals surface area (Å²) in [7, 11) is 2.92. The summed E-state index contributed by atoms with van der Waals surface area (Å²) in [6.45, 7) is -0.225. The number of benzene rings is 2. The summed E-state index contributed by atoms with van der Waals surface area (Å²) >= 11 is 5.87. The second-order valence-corrected chi connectivity index (χ2v) is 5.19. The number of hydrogen-bond acceptors (Lipinski definition) is 6. The number of phenolic OH excluding ortho intramolecular Hbond substituents is 1. The number of carbonyl (C=O) groups is 1. The van der Waals surface area contributed by atoms with Gasteiger partial charge in [0.05, 0.1) is 25.5 Å². The van der Waals surface area contributed by atoms with Crippen molar-refractivity contribution in [2.75, 3.05) is 20.8 Å². The highest BCUT2D eigenvalue weighted by Crippen LogP contribution is 2.34. The number of hydrogen-bond donors (Lipinski definition) is 2. The molecular formula is C17H17ClN2O5. The summed E-state index contributed by atoms with van der Waals surface area (Å²) in [4.78, 5) is 11.8. The first-order valence-corrected chi connectivity index (χ1v) is 7.57. The SMILES string of the molecule is COc1ccccc1OCC(=O)N/N=C/c1cc(Cl)c(O)c(OC)c1. The number of hydrazone groups is 1. The molecule has 2 N–H and O–H groups in total. The third-order valence-electron chi connectivity index (χ3n) is 3.10. The molecule has 0 aliphatic heterocycles. The number of amides is 1. The molecule has 2 rings (SSSR count). The molecule has 0 aromatic heterocycles. The van der Waals surface area contributed by atoms with Gasteiger partial charge in [-0.05, 0) is 29.8 Å². The molecule has 132 valence electrons. The van der Waals surface area contributed by atoms with Crippen LogP contribution in [0.1, 0.15) is 5.56 Å². The van der Waals surface area contributed by atoms with Gasteiger partial charge in [0, 0.05) is 0 Å². The van der Waals surface area contributed by atoms with Crippen LogP contribution < -0.4 is 19.6 Å². The summed E-state index contributed by atoms with van der Waals surface area (Å²) in [5, 5.41) is 13.6. The lowest BCUT2D eigenvalue weighted by Gasteiger charge is -2.09. The van der Waals surface area contributed by atoms with Crippen LogP contribution in [-0.2, 0) is 4.79 Å². The number of ether oxygens (including phenoxy) is 3. The minimum absolute atomic E-state index is 0.117. The molecule has 2 aromatic carbocycles. The molecule has 25 heavy (non-hydrogen) atoms. The van der Waals surface area contributed by atoms with Crippen LogP contribution >= 0.6 is 11.6 Å². The molecule has 0 saturated carbocycles. The maximum Gasteiger partial charge on any atom is 0.277 e. The molecular weight excluding hydrogens is 348 g/mol. The van der Waals surface area contributed by atoms with Crippen LogP contribution in [0, 0.1) is 0 Å². The molecule has 0 saturated heterocycles. The number of para-hydroxylation sites is 2. The second-order valence-electron chi connectivity index (χ2n) is 4.79. The smallest absolute Gasteiger partial charge is 0.277 e. The first kappa shape index (κ1) is 18.4. The van der Waals surface area contributed by atoms with Gasteiger partial charge >= 0.3 is 0 Å². The fourth-order valence-electron chi connectivity index (χ4n) is 1.92. The van der Waals surface area contributed by atoms with E-state index < -0.39 is 5.91 Å². The Morgan fingerprint density at radius 1 is 1.20 bits per heavy atom. The first-order valence-electron chi connectivity index (χ1n) is 7.19. The molecule has 0 bridgehead atoms. The van der Waals surface area contributed by atoms with Gasteiger partial charge in [0.25, 0.3) is 5.91 Å². The van der Waals surface area contributed by atoms with Gasteiger partial charge in [-0.25, -0.2) is 5.43 Å². The number of nitrogens with zero attached hydrogens (tertiary/aromatic N) is 1. The van der Waals surface area contributed by atoms with E-state index in [9.17, 15) is 9.90 Å². The van der Waals surface area contributed by atoms with Gasteiger partial charge in [0.2, 0.25) is 0 Å². The van der Waals surface area contributed by atoms with E-state index in [0.29, 0.717) is 17.1 Å². The van der Waals surface area contributed by atoms with E-state index in [2.05, 4.69) is 10.5 Å². The van der Waals surface area contributed by atoms with Crippen LogP contribution in [0.25, 0.3) is 0 Å². The molecule has 7 nitrogen and oxygen atoms in total. The molecule has 0 unspecified atom stereocenters. The number of rotatable bonds is 7. The number of methoxy groups -OCH3 is 2. The summed E-state index contributed by atoms with van der Waals surface area (Å²) in [5.74, 6) is 0.596. The molecule has 8 heteroatoms. The van der Waals surface area contributed by atoms with E-state index in [4.69, 9.17) is 25.8 Å². The minimum Gasteiger partial charge on any atom is -0.503 e. The zero-order valence-electron chi connectivity index (χ0n) is 13.7. The second kappa shape index (κ2) is 8.79. The van der Waals surface area contributed by atoms with Crippen LogP contribution in [0.2, 0.25) is 5.02 Å². The van der Waals surface area contributed by atoms with Gasteiger partial charge in [0.15, 0.2) is 29.6 Å². The predicted octanol–water partition coefficient (Wildman–Crippen LogP) is 2.59. The largest absolute Gasteiger partial charge is 0.503 e. The Bertz CT molecular complexity index is 780. The average molecular weight is 365 g/mol. The molecule has 0 atom stereocenters. The molecule has 0 radical (unpaired) electrons. The lowest BCUT2D eigenvalue weighted by molar-refractivity contribution is -0.123. The Labute approximate surface area is 149 Å². The third kappa shape index (κ3) is 5.02. The van der Waals surface area contributed by atoms with E-state index in [0.717, 1.165) is 0 Å². The average Bonchev–Trinajstić information content (AvgIpc) is 2.62. The van der Waals surface area contributed by atoms with Gasteiger partial charge in [-0.2, -0.15) is 5.10 Å². The number of carbonyl (C=O) groups excluding carboxylic acids is 1. The zero-order chi connectivity index (χ0) is 18.2. The van der Waals surface area contributed by atoms with Crippen molar-refractivity contribution in [3.8, 4) is 23.0 Å². The van der Waals surface area contributed by atoms with Crippen molar-refractivity contribution in [1.82, 2.24) is 5.43 Å². The van der Waals surface area contributed by atoms with E-state index in [1.165, 1.54) is 32.6 Å². The molecule has 0 aliphatic rings. The number of nitrogens with one attached hydrogen (secondary N) is 1. The van der Waals surface area contributed by atoms with Crippen molar-refractivity contribution in [3.05, 3.63) is 47.0 Å². The van der Waals surface area contributed by atoms with E-state index in [-0.39, 0.29) is 23.1 Å². The lowest BCUT2D eigenvalue weighted by atomic mass is 10.2. The Balaban J connectivity index is 1.91. The van der Waals surface area contributed by atoms with Crippen molar-refractivity contribution in [2.45, 2.75) is 0 Å². The van der Waals surface area contributed by atoms with E-state index in [1.54, 1.807) is 24.3 Å².